The molecule has 2 aromatic heterocycles. The van der Waals surface area contributed by atoms with E-state index >= 15 is 0 Å². The van der Waals surface area contributed by atoms with E-state index in [1.807, 2.05) is 34.2 Å². The second-order valence-corrected chi connectivity index (χ2v) is 7.14. The number of fused-ring (bicyclic) bond motifs is 1. The highest BCUT2D eigenvalue weighted by Crippen LogP contribution is 2.33. The van der Waals surface area contributed by atoms with Gasteiger partial charge in [0.25, 0.3) is 5.91 Å². The number of terminal acetylenes is 1. The van der Waals surface area contributed by atoms with Crippen LogP contribution in [0.2, 0.25) is 0 Å². The number of hydrogen-bond acceptors (Lipinski definition) is 5. The largest absolute Gasteiger partial charge is 0.493 e. The minimum absolute atomic E-state index is 0.302. The Kier molecular flexibility index (Phi) is 5.56. The number of amides is 1. The number of ether oxygens (including phenoxy) is 2. The Morgan fingerprint density at radius 3 is 2.77 bits per heavy atom. The summed E-state index contributed by atoms with van der Waals surface area (Å²) >= 11 is 2.93. The lowest BCUT2D eigenvalue weighted by Gasteiger charge is -2.08. The van der Waals surface area contributed by atoms with E-state index in [0.29, 0.717) is 22.8 Å². The van der Waals surface area contributed by atoms with Crippen LogP contribution in [0.25, 0.3) is 16.3 Å². The second-order valence-electron chi connectivity index (χ2n) is 5.15. The number of methoxy groups -OCH3 is 2. The van der Waals surface area contributed by atoms with Crippen molar-refractivity contribution in [3.63, 3.8) is 0 Å². The molecule has 1 amide bonds. The summed E-state index contributed by atoms with van der Waals surface area (Å²) in [4.78, 5) is 18.0. The Balaban J connectivity index is 2.08. The predicted molar refractivity (Wildman–Crippen MR) is 106 cm³/mol. The van der Waals surface area contributed by atoms with Gasteiger partial charge in [-0.1, -0.05) is 23.3 Å². The summed E-state index contributed by atoms with van der Waals surface area (Å²) in [5, 5.41) is 1.95. The zero-order valence-electron chi connectivity index (χ0n) is 14.3. The van der Waals surface area contributed by atoms with Crippen molar-refractivity contribution in [2.45, 2.75) is 6.54 Å². The quantitative estimate of drug-likeness (QED) is 0.499. The summed E-state index contributed by atoms with van der Waals surface area (Å²) in [6, 6.07) is 7.56. The molecular weight excluding hydrogens is 368 g/mol. The number of hydrogen-bond donors (Lipinski definition) is 0. The van der Waals surface area contributed by atoms with E-state index in [0.717, 1.165) is 15.1 Å². The van der Waals surface area contributed by atoms with Gasteiger partial charge in [0.1, 0.15) is 0 Å². The van der Waals surface area contributed by atoms with E-state index in [1.54, 1.807) is 31.6 Å². The maximum atomic E-state index is 12.2. The van der Waals surface area contributed by atoms with Crippen LogP contribution >= 0.6 is 22.7 Å². The van der Waals surface area contributed by atoms with E-state index in [2.05, 4.69) is 10.9 Å². The molecule has 5 nitrogen and oxygen atoms in total. The molecule has 26 heavy (non-hydrogen) atoms. The smallest absolute Gasteiger partial charge is 0.272 e. The van der Waals surface area contributed by atoms with Gasteiger partial charge in [-0.2, -0.15) is 4.99 Å². The van der Waals surface area contributed by atoms with Crippen LogP contribution in [0.4, 0.5) is 0 Å². The summed E-state index contributed by atoms with van der Waals surface area (Å²) < 4.78 is 13.4. The predicted octanol–water partition coefficient (Wildman–Crippen LogP) is 3.56. The van der Waals surface area contributed by atoms with Crippen LogP contribution in [0.3, 0.4) is 0 Å². The molecule has 0 aliphatic rings. The summed E-state index contributed by atoms with van der Waals surface area (Å²) in [5.41, 5.74) is 0.847. The van der Waals surface area contributed by atoms with Crippen molar-refractivity contribution in [2.24, 2.45) is 4.99 Å². The number of thiophene rings is 1. The number of nitrogens with zero attached hydrogens (tertiary/aromatic N) is 2. The lowest BCUT2D eigenvalue weighted by molar-refractivity contribution is -0.113. The molecule has 3 aromatic rings. The van der Waals surface area contributed by atoms with Crippen molar-refractivity contribution >= 4 is 44.9 Å². The Morgan fingerprint density at radius 1 is 1.35 bits per heavy atom. The normalized spacial score (nSPS) is 11.8. The van der Waals surface area contributed by atoms with Gasteiger partial charge >= 0.3 is 0 Å². The van der Waals surface area contributed by atoms with Gasteiger partial charge in [-0.05, 0) is 17.5 Å². The first-order valence-corrected chi connectivity index (χ1v) is 9.35. The maximum Gasteiger partial charge on any atom is 0.272 e. The third kappa shape index (κ3) is 3.72. The summed E-state index contributed by atoms with van der Waals surface area (Å²) in [5.74, 6) is 3.48. The number of benzene rings is 1. The van der Waals surface area contributed by atoms with Crippen molar-refractivity contribution < 1.29 is 14.3 Å². The molecule has 0 aliphatic carbocycles. The molecule has 0 radical (unpaired) electrons. The van der Waals surface area contributed by atoms with Gasteiger partial charge in [-0.15, -0.1) is 17.8 Å². The fourth-order valence-electron chi connectivity index (χ4n) is 2.40. The van der Waals surface area contributed by atoms with E-state index in [9.17, 15) is 4.79 Å². The highest BCUT2D eigenvalue weighted by molar-refractivity contribution is 7.16. The molecule has 0 N–H and O–H groups in total. The number of rotatable bonds is 5. The lowest BCUT2D eigenvalue weighted by atomic mass is 10.3. The van der Waals surface area contributed by atoms with Gasteiger partial charge in [-0.25, -0.2) is 0 Å². The third-order valence-corrected chi connectivity index (χ3v) is 5.46. The summed E-state index contributed by atoms with van der Waals surface area (Å²) in [6.07, 6.45) is 8.71. The summed E-state index contributed by atoms with van der Waals surface area (Å²) in [7, 11) is 3.16. The minimum atomic E-state index is -0.338. The topological polar surface area (TPSA) is 52.8 Å². The molecule has 0 fully saturated rings. The van der Waals surface area contributed by atoms with E-state index < -0.39 is 0 Å². The number of carbonyl (C=O) groups is 1. The van der Waals surface area contributed by atoms with Crippen LogP contribution in [0, 0.1) is 12.3 Å². The van der Waals surface area contributed by atoms with Crippen molar-refractivity contribution in [1.82, 2.24) is 4.57 Å². The van der Waals surface area contributed by atoms with Crippen molar-refractivity contribution in [2.75, 3.05) is 14.2 Å². The van der Waals surface area contributed by atoms with Gasteiger partial charge in [0.05, 0.1) is 31.0 Å². The molecule has 0 saturated carbocycles. The van der Waals surface area contributed by atoms with Crippen LogP contribution in [0.5, 0.6) is 11.5 Å². The SMILES string of the molecule is C#CCn1c(=NC(=O)/C=C/c2cccs2)sc2cc(OC)c(OC)cc21. The average molecular weight is 384 g/mol. The van der Waals surface area contributed by atoms with Crippen LogP contribution < -0.4 is 14.3 Å². The Hall–Kier alpha value is -2.82. The molecule has 1 aromatic carbocycles. The standard InChI is InChI=1S/C19H16N2O3S2/c1-4-9-21-14-11-15(23-2)16(24-3)12-17(14)26-19(21)20-18(22)8-7-13-6-5-10-25-13/h1,5-8,10-12H,9H2,2-3H3/b8-7+,20-19?. The molecular formula is C19H16N2O3S2. The van der Waals surface area contributed by atoms with Gasteiger partial charge in [-0.3, -0.25) is 4.79 Å². The Bertz CT molecular complexity index is 1070. The molecule has 0 spiro atoms. The molecule has 0 bridgehead atoms. The zero-order chi connectivity index (χ0) is 18.5. The molecule has 0 atom stereocenters. The van der Waals surface area contributed by atoms with E-state index in [4.69, 9.17) is 15.9 Å². The molecule has 0 saturated heterocycles. The number of aromatic nitrogens is 1. The molecule has 7 heteroatoms. The monoisotopic (exact) mass is 384 g/mol. The fourth-order valence-corrected chi connectivity index (χ4v) is 4.06. The molecule has 132 valence electrons. The highest BCUT2D eigenvalue weighted by Gasteiger charge is 2.12. The van der Waals surface area contributed by atoms with Crippen molar-refractivity contribution in [3.05, 3.63) is 45.4 Å². The number of thiazole rings is 1. The van der Waals surface area contributed by atoms with Crippen LogP contribution in [0.15, 0.2) is 40.7 Å². The average Bonchev–Trinajstić information content (AvgIpc) is 3.27. The van der Waals surface area contributed by atoms with Crippen molar-refractivity contribution in [3.8, 4) is 23.8 Å². The van der Waals surface area contributed by atoms with Crippen molar-refractivity contribution in [1.29, 1.82) is 0 Å². The van der Waals surface area contributed by atoms with Crippen LogP contribution in [0.1, 0.15) is 4.88 Å². The number of carbonyl (C=O) groups excluding carboxylic acids is 1. The maximum absolute atomic E-state index is 12.2. The van der Waals surface area contributed by atoms with Gasteiger partial charge < -0.3 is 14.0 Å². The lowest BCUT2D eigenvalue weighted by Crippen LogP contribution is -2.15. The first-order valence-electron chi connectivity index (χ1n) is 7.65. The van der Waals surface area contributed by atoms with Gasteiger partial charge in [0.15, 0.2) is 16.3 Å². The van der Waals surface area contributed by atoms with E-state index in [-0.39, 0.29) is 5.91 Å². The minimum Gasteiger partial charge on any atom is -0.493 e. The Morgan fingerprint density at radius 2 is 2.12 bits per heavy atom. The van der Waals surface area contributed by atoms with E-state index in [1.165, 1.54) is 17.4 Å². The molecule has 0 unspecified atom stereocenters. The first kappa shape index (κ1) is 18.0. The molecule has 0 aliphatic heterocycles. The molecule has 2 heterocycles. The first-order chi connectivity index (χ1) is 12.7. The molecule has 3 rings (SSSR count). The van der Waals surface area contributed by atoms with Crippen LogP contribution in [-0.4, -0.2) is 24.7 Å². The Labute approximate surface area is 158 Å². The summed E-state index contributed by atoms with van der Waals surface area (Å²) in [6.45, 7) is 0.302. The third-order valence-electron chi connectivity index (χ3n) is 3.58. The fraction of sp³-hybridized carbons (Fsp3) is 0.158. The highest BCUT2D eigenvalue weighted by atomic mass is 32.1. The van der Waals surface area contributed by atoms with Gasteiger partial charge in [0, 0.05) is 23.1 Å². The zero-order valence-corrected chi connectivity index (χ0v) is 15.9. The second kappa shape index (κ2) is 8.04. The van der Waals surface area contributed by atoms with Gasteiger partial charge in [0.2, 0.25) is 0 Å². The van der Waals surface area contributed by atoms with Crippen LogP contribution in [-0.2, 0) is 11.3 Å².